The first-order valence-corrected chi connectivity index (χ1v) is 9.24. The summed E-state index contributed by atoms with van der Waals surface area (Å²) in [5, 5.41) is 12.0. The molecule has 0 atom stereocenters. The first-order valence-electron chi connectivity index (χ1n) is 9.24. The van der Waals surface area contributed by atoms with Crippen LogP contribution in [0.5, 0.6) is 0 Å². The number of fused-ring (bicyclic) bond motifs is 3. The molecular weight excluding hydrogens is 364 g/mol. The monoisotopic (exact) mass is 384 g/mol. The molecule has 144 valence electrons. The molecule has 4 rings (SSSR count). The van der Waals surface area contributed by atoms with Crippen LogP contribution in [0.15, 0.2) is 76.9 Å². The highest BCUT2D eigenvalue weighted by atomic mass is 16.1. The average Bonchev–Trinajstić information content (AvgIpc) is 3.08. The number of hydrazone groups is 1. The number of rotatable bonds is 4. The molecule has 0 spiro atoms. The summed E-state index contributed by atoms with van der Waals surface area (Å²) >= 11 is 0. The summed E-state index contributed by atoms with van der Waals surface area (Å²) in [7, 11) is 0. The maximum Gasteiger partial charge on any atom is 0.255 e. The summed E-state index contributed by atoms with van der Waals surface area (Å²) in [5.74, 6) is 5.09. The largest absolute Gasteiger partial charge is 0.341 e. The third kappa shape index (κ3) is 3.23. The number of benzene rings is 3. The standard InChI is InChI=1S/C22H20N6O/c1-2-28-19-6-4-3-5-17(19)18-12-11-16(13-20(18)28)25-22(29)15-9-7-14(8-10-15)21(26-23)27-24/h3-13,23H,2,24H2,1H3,(H,25,29). The second-order valence-electron chi connectivity index (χ2n) is 6.59. The SMILES string of the molecule is CCn1c2ccccc2c2ccc(NC(=O)c3ccc(C(N=N)=NN)cc3)cc21. The zero-order chi connectivity index (χ0) is 20.4. The van der Waals surface area contributed by atoms with Crippen LogP contribution in [-0.4, -0.2) is 16.3 Å². The number of aromatic nitrogens is 1. The van der Waals surface area contributed by atoms with Crippen molar-refractivity contribution in [3.05, 3.63) is 77.9 Å². The van der Waals surface area contributed by atoms with Crippen LogP contribution in [0.25, 0.3) is 21.8 Å². The maximum atomic E-state index is 12.7. The minimum atomic E-state index is -0.218. The van der Waals surface area contributed by atoms with E-state index < -0.39 is 0 Å². The Morgan fingerprint density at radius 3 is 2.38 bits per heavy atom. The molecule has 4 N–H and O–H groups in total. The van der Waals surface area contributed by atoms with Crippen LogP contribution >= 0.6 is 0 Å². The topological polar surface area (TPSA) is 109 Å². The quantitative estimate of drug-likeness (QED) is 0.156. The highest BCUT2D eigenvalue weighted by Crippen LogP contribution is 2.30. The van der Waals surface area contributed by atoms with Gasteiger partial charge < -0.3 is 15.7 Å². The summed E-state index contributed by atoms with van der Waals surface area (Å²) in [4.78, 5) is 12.7. The zero-order valence-corrected chi connectivity index (χ0v) is 15.9. The van der Waals surface area contributed by atoms with Crippen LogP contribution < -0.4 is 11.2 Å². The fraction of sp³-hybridized carbons (Fsp3) is 0.0909. The Morgan fingerprint density at radius 1 is 1.00 bits per heavy atom. The Labute approximate surface area is 167 Å². The van der Waals surface area contributed by atoms with Crippen LogP contribution in [0.4, 0.5) is 5.69 Å². The summed E-state index contributed by atoms with van der Waals surface area (Å²) in [6.45, 7) is 2.95. The van der Waals surface area contributed by atoms with Gasteiger partial charge in [-0.1, -0.05) is 36.4 Å². The highest BCUT2D eigenvalue weighted by Gasteiger charge is 2.12. The average molecular weight is 384 g/mol. The fourth-order valence-electron chi connectivity index (χ4n) is 3.61. The number of amides is 1. The number of hydrogen-bond donors (Lipinski definition) is 3. The lowest BCUT2D eigenvalue weighted by molar-refractivity contribution is 0.102. The van der Waals surface area contributed by atoms with Crippen molar-refractivity contribution in [3.63, 3.8) is 0 Å². The van der Waals surface area contributed by atoms with Gasteiger partial charge in [0, 0.05) is 39.6 Å². The van der Waals surface area contributed by atoms with Gasteiger partial charge in [0.15, 0.2) is 5.84 Å². The van der Waals surface area contributed by atoms with Crippen LogP contribution in [0.1, 0.15) is 22.8 Å². The molecular formula is C22H20N6O. The zero-order valence-electron chi connectivity index (χ0n) is 15.9. The Kier molecular flexibility index (Phi) is 4.78. The van der Waals surface area contributed by atoms with E-state index in [9.17, 15) is 4.79 Å². The second kappa shape index (κ2) is 7.55. The van der Waals surface area contributed by atoms with Crippen molar-refractivity contribution in [2.24, 2.45) is 16.1 Å². The molecule has 3 aromatic carbocycles. The lowest BCUT2D eigenvalue weighted by atomic mass is 10.1. The number of hydrogen-bond acceptors (Lipinski definition) is 4. The van der Waals surface area contributed by atoms with E-state index in [-0.39, 0.29) is 11.7 Å². The molecule has 7 heteroatoms. The Morgan fingerprint density at radius 2 is 1.69 bits per heavy atom. The molecule has 1 aromatic heterocycles. The predicted molar refractivity (Wildman–Crippen MR) is 115 cm³/mol. The molecule has 0 saturated carbocycles. The summed E-state index contributed by atoms with van der Waals surface area (Å²) in [6.07, 6.45) is 0. The minimum absolute atomic E-state index is 0.106. The van der Waals surface area contributed by atoms with E-state index >= 15 is 0 Å². The number of carbonyl (C=O) groups is 1. The van der Waals surface area contributed by atoms with Crippen LogP contribution in [-0.2, 0) is 6.54 Å². The molecule has 0 saturated heterocycles. The first kappa shape index (κ1) is 18.4. The van der Waals surface area contributed by atoms with Crippen molar-refractivity contribution in [2.75, 3.05) is 5.32 Å². The molecule has 0 aliphatic rings. The molecule has 7 nitrogen and oxygen atoms in total. The maximum absolute atomic E-state index is 12.7. The number of amidine groups is 1. The summed E-state index contributed by atoms with van der Waals surface area (Å²) in [6, 6.07) is 20.9. The molecule has 0 unspecified atom stereocenters. The number of para-hydroxylation sites is 1. The number of carbonyl (C=O) groups excluding carboxylic acids is 1. The van der Waals surface area contributed by atoms with Gasteiger partial charge >= 0.3 is 0 Å². The number of nitrogens with one attached hydrogen (secondary N) is 2. The normalized spacial score (nSPS) is 11.7. The first-order chi connectivity index (χ1) is 14.2. The van der Waals surface area contributed by atoms with Gasteiger partial charge in [0.1, 0.15) is 0 Å². The van der Waals surface area contributed by atoms with Gasteiger partial charge in [-0.25, -0.2) is 5.53 Å². The van der Waals surface area contributed by atoms with Gasteiger partial charge in [0.25, 0.3) is 5.91 Å². The Bertz CT molecular complexity index is 1250. The third-order valence-electron chi connectivity index (χ3n) is 4.98. The number of nitrogens with two attached hydrogens (primary N) is 1. The van der Waals surface area contributed by atoms with E-state index in [1.807, 2.05) is 30.3 Å². The van der Waals surface area contributed by atoms with Gasteiger partial charge in [-0.3, -0.25) is 4.79 Å². The second-order valence-corrected chi connectivity index (χ2v) is 6.59. The van der Waals surface area contributed by atoms with Crippen molar-refractivity contribution >= 4 is 39.2 Å². The lowest BCUT2D eigenvalue weighted by Gasteiger charge is -2.08. The summed E-state index contributed by atoms with van der Waals surface area (Å²) in [5.41, 5.74) is 11.1. The molecule has 29 heavy (non-hydrogen) atoms. The predicted octanol–water partition coefficient (Wildman–Crippen LogP) is 4.72. The Hall–Kier alpha value is -4.00. The summed E-state index contributed by atoms with van der Waals surface area (Å²) < 4.78 is 2.24. The van der Waals surface area contributed by atoms with Crippen LogP contribution in [0.2, 0.25) is 0 Å². The van der Waals surface area contributed by atoms with Gasteiger partial charge in [-0.2, -0.15) is 5.10 Å². The van der Waals surface area contributed by atoms with Crippen LogP contribution in [0.3, 0.4) is 0 Å². The fourth-order valence-corrected chi connectivity index (χ4v) is 3.61. The highest BCUT2D eigenvalue weighted by molar-refractivity contribution is 6.11. The number of anilines is 1. The van der Waals surface area contributed by atoms with E-state index in [2.05, 4.69) is 39.2 Å². The molecule has 0 bridgehead atoms. The van der Waals surface area contributed by atoms with Crippen molar-refractivity contribution in [1.29, 1.82) is 5.53 Å². The lowest BCUT2D eigenvalue weighted by Crippen LogP contribution is -2.12. The van der Waals surface area contributed by atoms with Crippen molar-refractivity contribution < 1.29 is 4.79 Å². The molecule has 0 radical (unpaired) electrons. The number of aryl methyl sites for hydroxylation is 1. The van der Waals surface area contributed by atoms with E-state index in [1.165, 1.54) is 10.9 Å². The van der Waals surface area contributed by atoms with Gasteiger partial charge in [0.05, 0.1) is 5.52 Å². The van der Waals surface area contributed by atoms with Crippen molar-refractivity contribution in [3.8, 4) is 0 Å². The van der Waals surface area contributed by atoms with E-state index in [1.54, 1.807) is 24.3 Å². The van der Waals surface area contributed by atoms with Gasteiger partial charge in [-0.05, 0) is 37.3 Å². The van der Waals surface area contributed by atoms with Crippen molar-refractivity contribution in [1.82, 2.24) is 4.57 Å². The van der Waals surface area contributed by atoms with E-state index in [4.69, 9.17) is 11.4 Å². The molecule has 1 amide bonds. The number of nitrogens with zero attached hydrogens (tertiary/aromatic N) is 3. The van der Waals surface area contributed by atoms with Crippen molar-refractivity contribution in [2.45, 2.75) is 13.5 Å². The third-order valence-corrected chi connectivity index (χ3v) is 4.98. The molecule has 4 aromatic rings. The molecule has 1 heterocycles. The van der Waals surface area contributed by atoms with E-state index in [0.29, 0.717) is 11.1 Å². The molecule has 0 fully saturated rings. The van der Waals surface area contributed by atoms with Gasteiger partial charge in [-0.15, -0.1) is 5.11 Å². The molecule has 0 aliphatic heterocycles. The molecule has 0 aliphatic carbocycles. The Balaban J connectivity index is 1.65. The van der Waals surface area contributed by atoms with Crippen LogP contribution in [0, 0.1) is 5.53 Å². The minimum Gasteiger partial charge on any atom is -0.341 e. The van der Waals surface area contributed by atoms with Gasteiger partial charge in [0.2, 0.25) is 0 Å². The smallest absolute Gasteiger partial charge is 0.255 e. The van der Waals surface area contributed by atoms with E-state index in [0.717, 1.165) is 23.1 Å².